The standard InChI is InChI=1S/C21H14Cl2N2O4/c22-14-4-1-12(2-5-14)20(26)25-17-7-6-15(10-16(17)23)24-21(27)13-3-8-18-19(9-13)29-11-28-18/h1-10H,11H2,(H,24,27)(H,25,26). The fourth-order valence-electron chi connectivity index (χ4n) is 2.73. The molecule has 0 aliphatic carbocycles. The Morgan fingerprint density at radius 2 is 1.45 bits per heavy atom. The molecule has 146 valence electrons. The van der Waals surface area contributed by atoms with Crippen LogP contribution < -0.4 is 20.1 Å². The molecule has 8 heteroatoms. The lowest BCUT2D eigenvalue weighted by Gasteiger charge is -2.11. The highest BCUT2D eigenvalue weighted by Crippen LogP contribution is 2.33. The maximum Gasteiger partial charge on any atom is 0.255 e. The number of hydrogen-bond donors (Lipinski definition) is 2. The highest BCUT2D eigenvalue weighted by Gasteiger charge is 2.17. The molecule has 0 fully saturated rings. The van der Waals surface area contributed by atoms with E-state index in [0.717, 1.165) is 0 Å². The minimum absolute atomic E-state index is 0.138. The van der Waals surface area contributed by atoms with Crippen LogP contribution in [0, 0.1) is 0 Å². The van der Waals surface area contributed by atoms with Gasteiger partial charge in [-0.05, 0) is 60.7 Å². The number of rotatable bonds is 4. The van der Waals surface area contributed by atoms with E-state index in [4.69, 9.17) is 32.7 Å². The second-order valence-corrected chi connectivity index (χ2v) is 7.02. The van der Waals surface area contributed by atoms with E-state index in [1.807, 2.05) is 0 Å². The summed E-state index contributed by atoms with van der Waals surface area (Å²) in [6.45, 7) is 0.138. The van der Waals surface area contributed by atoms with Crippen LogP contribution in [0.3, 0.4) is 0 Å². The largest absolute Gasteiger partial charge is 0.454 e. The molecule has 1 aliphatic rings. The average Bonchev–Trinajstić information content (AvgIpc) is 3.18. The van der Waals surface area contributed by atoms with Gasteiger partial charge in [-0.1, -0.05) is 23.2 Å². The predicted molar refractivity (Wildman–Crippen MR) is 111 cm³/mol. The minimum Gasteiger partial charge on any atom is -0.454 e. The monoisotopic (exact) mass is 428 g/mol. The molecule has 0 spiro atoms. The van der Waals surface area contributed by atoms with Crippen LogP contribution in [-0.4, -0.2) is 18.6 Å². The molecule has 29 heavy (non-hydrogen) atoms. The number of halogens is 2. The van der Waals surface area contributed by atoms with Gasteiger partial charge < -0.3 is 20.1 Å². The Labute approximate surface area is 176 Å². The van der Waals surface area contributed by atoms with Gasteiger partial charge in [-0.2, -0.15) is 0 Å². The highest BCUT2D eigenvalue weighted by atomic mass is 35.5. The lowest BCUT2D eigenvalue weighted by molar-refractivity contribution is 0.101. The van der Waals surface area contributed by atoms with Gasteiger partial charge in [-0.25, -0.2) is 0 Å². The molecule has 3 aromatic carbocycles. The van der Waals surface area contributed by atoms with E-state index in [2.05, 4.69) is 10.6 Å². The van der Waals surface area contributed by atoms with Crippen LogP contribution in [0.5, 0.6) is 11.5 Å². The number of fused-ring (bicyclic) bond motifs is 1. The van der Waals surface area contributed by atoms with Crippen molar-refractivity contribution < 1.29 is 19.1 Å². The third kappa shape index (κ3) is 4.29. The van der Waals surface area contributed by atoms with Gasteiger partial charge in [-0.15, -0.1) is 0 Å². The fourth-order valence-corrected chi connectivity index (χ4v) is 3.08. The second-order valence-electron chi connectivity index (χ2n) is 6.18. The molecule has 6 nitrogen and oxygen atoms in total. The molecule has 0 radical (unpaired) electrons. The maximum absolute atomic E-state index is 12.5. The van der Waals surface area contributed by atoms with E-state index in [0.29, 0.717) is 39.0 Å². The van der Waals surface area contributed by atoms with E-state index in [-0.39, 0.29) is 23.6 Å². The first kappa shape index (κ1) is 19.1. The number of benzene rings is 3. The zero-order valence-electron chi connectivity index (χ0n) is 14.9. The summed E-state index contributed by atoms with van der Waals surface area (Å²) in [6.07, 6.45) is 0. The van der Waals surface area contributed by atoms with Crippen LogP contribution in [0.25, 0.3) is 0 Å². The molecule has 1 aliphatic heterocycles. The van der Waals surface area contributed by atoms with Gasteiger partial charge in [0.15, 0.2) is 11.5 Å². The van der Waals surface area contributed by atoms with Gasteiger partial charge >= 0.3 is 0 Å². The Morgan fingerprint density at radius 1 is 0.759 bits per heavy atom. The summed E-state index contributed by atoms with van der Waals surface area (Å²) in [6, 6.07) is 16.3. The first-order valence-electron chi connectivity index (χ1n) is 8.57. The number of anilines is 2. The summed E-state index contributed by atoms with van der Waals surface area (Å²) in [5.41, 5.74) is 1.78. The Bertz CT molecular complexity index is 1100. The zero-order chi connectivity index (χ0) is 20.4. The number of amides is 2. The van der Waals surface area contributed by atoms with Crippen LogP contribution in [0.4, 0.5) is 11.4 Å². The van der Waals surface area contributed by atoms with Gasteiger partial charge in [0.05, 0.1) is 10.7 Å². The second kappa shape index (κ2) is 8.03. The first-order chi connectivity index (χ1) is 14.0. The summed E-state index contributed by atoms with van der Waals surface area (Å²) in [7, 11) is 0. The van der Waals surface area contributed by atoms with Gasteiger partial charge in [0.2, 0.25) is 6.79 Å². The summed E-state index contributed by atoms with van der Waals surface area (Å²) in [4.78, 5) is 24.8. The van der Waals surface area contributed by atoms with Crippen molar-refractivity contribution in [3.8, 4) is 11.5 Å². The van der Waals surface area contributed by atoms with Gasteiger partial charge in [0.1, 0.15) is 0 Å². The highest BCUT2D eigenvalue weighted by molar-refractivity contribution is 6.34. The third-order valence-electron chi connectivity index (χ3n) is 4.22. The average molecular weight is 429 g/mol. The van der Waals surface area contributed by atoms with Crippen molar-refractivity contribution in [3.63, 3.8) is 0 Å². The topological polar surface area (TPSA) is 76.7 Å². The van der Waals surface area contributed by atoms with Gasteiger partial charge in [0, 0.05) is 21.8 Å². The molecule has 2 amide bonds. The summed E-state index contributed by atoms with van der Waals surface area (Å²) in [5, 5.41) is 6.32. The number of nitrogens with one attached hydrogen (secondary N) is 2. The van der Waals surface area contributed by atoms with Crippen molar-refractivity contribution in [1.82, 2.24) is 0 Å². The summed E-state index contributed by atoms with van der Waals surface area (Å²) in [5.74, 6) is 0.486. The Kier molecular flexibility index (Phi) is 5.29. The maximum atomic E-state index is 12.5. The number of carbonyl (C=O) groups is 2. The van der Waals surface area contributed by atoms with Crippen molar-refractivity contribution in [3.05, 3.63) is 81.8 Å². The van der Waals surface area contributed by atoms with Crippen LogP contribution in [0.2, 0.25) is 10.0 Å². The van der Waals surface area contributed by atoms with Crippen molar-refractivity contribution in [2.75, 3.05) is 17.4 Å². The van der Waals surface area contributed by atoms with Crippen LogP contribution in [-0.2, 0) is 0 Å². The molecular formula is C21H14Cl2N2O4. The van der Waals surface area contributed by atoms with E-state index < -0.39 is 0 Å². The molecule has 2 N–H and O–H groups in total. The quantitative estimate of drug-likeness (QED) is 0.596. The van der Waals surface area contributed by atoms with Crippen molar-refractivity contribution in [2.24, 2.45) is 0 Å². The molecule has 0 unspecified atom stereocenters. The molecule has 3 aromatic rings. The smallest absolute Gasteiger partial charge is 0.255 e. The van der Waals surface area contributed by atoms with E-state index in [1.54, 1.807) is 60.7 Å². The molecule has 0 bridgehead atoms. The van der Waals surface area contributed by atoms with Gasteiger partial charge in [0.25, 0.3) is 11.8 Å². The molecule has 0 aromatic heterocycles. The number of ether oxygens (including phenoxy) is 2. The Morgan fingerprint density at radius 3 is 2.21 bits per heavy atom. The van der Waals surface area contributed by atoms with Crippen molar-refractivity contribution >= 4 is 46.4 Å². The zero-order valence-corrected chi connectivity index (χ0v) is 16.4. The first-order valence-corrected chi connectivity index (χ1v) is 9.33. The van der Waals surface area contributed by atoms with Crippen LogP contribution >= 0.6 is 23.2 Å². The lowest BCUT2D eigenvalue weighted by atomic mass is 10.1. The van der Waals surface area contributed by atoms with Crippen LogP contribution in [0.15, 0.2) is 60.7 Å². The molecule has 1 heterocycles. The normalized spacial score (nSPS) is 11.8. The molecule has 0 saturated heterocycles. The molecule has 4 rings (SSSR count). The predicted octanol–water partition coefficient (Wildman–Crippen LogP) is 5.23. The van der Waals surface area contributed by atoms with Crippen LogP contribution in [0.1, 0.15) is 20.7 Å². The van der Waals surface area contributed by atoms with Crippen molar-refractivity contribution in [1.29, 1.82) is 0 Å². The third-order valence-corrected chi connectivity index (χ3v) is 4.78. The van der Waals surface area contributed by atoms with Crippen molar-refractivity contribution in [2.45, 2.75) is 0 Å². The summed E-state index contributed by atoms with van der Waals surface area (Å²) < 4.78 is 10.5. The van der Waals surface area contributed by atoms with E-state index in [1.165, 1.54) is 0 Å². The summed E-state index contributed by atoms with van der Waals surface area (Å²) >= 11 is 12.1. The van der Waals surface area contributed by atoms with Gasteiger partial charge in [-0.3, -0.25) is 9.59 Å². The van der Waals surface area contributed by atoms with E-state index in [9.17, 15) is 9.59 Å². The fraction of sp³-hybridized carbons (Fsp3) is 0.0476. The number of carbonyl (C=O) groups excluding carboxylic acids is 2. The molecule has 0 atom stereocenters. The molecule has 0 saturated carbocycles. The lowest BCUT2D eigenvalue weighted by Crippen LogP contribution is -2.13. The number of hydrogen-bond acceptors (Lipinski definition) is 4. The van der Waals surface area contributed by atoms with E-state index >= 15 is 0 Å². The minimum atomic E-state index is -0.322. The SMILES string of the molecule is O=C(Nc1ccc(NC(=O)c2ccc(Cl)cc2)c(Cl)c1)c1ccc2c(c1)OCO2. The Balaban J connectivity index is 1.45. The molecular weight excluding hydrogens is 415 g/mol. The Hall–Kier alpha value is -3.22.